The second-order valence-corrected chi connectivity index (χ2v) is 13.4. The summed E-state index contributed by atoms with van der Waals surface area (Å²) in [7, 11) is 0. The summed E-state index contributed by atoms with van der Waals surface area (Å²) in [6, 6.07) is 66.0. The Hall–Kier alpha value is -6.12. The molecule has 2 heteroatoms. The lowest BCUT2D eigenvalue weighted by Gasteiger charge is -2.31. The molecule has 0 spiro atoms. The van der Waals surface area contributed by atoms with Crippen LogP contribution in [0.1, 0.15) is 25.0 Å². The fraction of sp³-hybridized carbons (Fsp3) is 0.0638. The molecule has 0 bridgehead atoms. The number of hydrogen-bond donors (Lipinski definition) is 0. The SMILES string of the molecule is CC1(C)c2cc(N(c3ccccc3)c3ccccc3)ccc2-c2c1cc(N(c1ccccc1)c1cccc3ccccc13)c1ccccc21. The van der Waals surface area contributed by atoms with Crippen molar-refractivity contribution in [2.75, 3.05) is 9.80 Å². The number of benzene rings is 8. The van der Waals surface area contributed by atoms with Crippen molar-refractivity contribution in [1.29, 1.82) is 0 Å². The highest BCUT2D eigenvalue weighted by Gasteiger charge is 2.38. The van der Waals surface area contributed by atoms with Crippen LogP contribution in [0.2, 0.25) is 0 Å². The van der Waals surface area contributed by atoms with E-state index in [-0.39, 0.29) is 5.41 Å². The Balaban J connectivity index is 1.28. The molecule has 2 nitrogen and oxygen atoms in total. The van der Waals surface area contributed by atoms with Gasteiger partial charge in [-0.05, 0) is 93.7 Å². The molecule has 0 saturated heterocycles. The van der Waals surface area contributed by atoms with Gasteiger partial charge in [0.1, 0.15) is 0 Å². The number of anilines is 6. The van der Waals surface area contributed by atoms with Gasteiger partial charge in [0.2, 0.25) is 0 Å². The van der Waals surface area contributed by atoms with Crippen LogP contribution >= 0.6 is 0 Å². The van der Waals surface area contributed by atoms with E-state index in [4.69, 9.17) is 0 Å². The van der Waals surface area contributed by atoms with Gasteiger partial charge in [0, 0.05) is 38.9 Å². The zero-order valence-corrected chi connectivity index (χ0v) is 27.7. The maximum atomic E-state index is 2.47. The molecule has 0 saturated carbocycles. The van der Waals surface area contributed by atoms with Crippen LogP contribution in [0, 0.1) is 0 Å². The summed E-state index contributed by atoms with van der Waals surface area (Å²) >= 11 is 0. The molecule has 0 aliphatic heterocycles. The van der Waals surface area contributed by atoms with Gasteiger partial charge in [-0.15, -0.1) is 0 Å². The summed E-state index contributed by atoms with van der Waals surface area (Å²) < 4.78 is 0. The molecule has 0 aromatic heterocycles. The maximum Gasteiger partial charge on any atom is 0.0543 e. The van der Waals surface area contributed by atoms with E-state index in [0.717, 1.165) is 22.7 Å². The first kappa shape index (κ1) is 29.1. The fourth-order valence-electron chi connectivity index (χ4n) is 7.87. The highest BCUT2D eigenvalue weighted by atomic mass is 15.1. The van der Waals surface area contributed by atoms with E-state index in [1.54, 1.807) is 0 Å². The molecule has 0 fully saturated rings. The molecular formula is C47H36N2. The number of para-hydroxylation sites is 3. The number of hydrogen-bond acceptors (Lipinski definition) is 2. The first-order chi connectivity index (χ1) is 24.1. The summed E-state index contributed by atoms with van der Waals surface area (Å²) in [5.74, 6) is 0. The van der Waals surface area contributed by atoms with Crippen LogP contribution in [0.4, 0.5) is 34.1 Å². The predicted octanol–water partition coefficient (Wildman–Crippen LogP) is 13.2. The van der Waals surface area contributed by atoms with Gasteiger partial charge >= 0.3 is 0 Å². The van der Waals surface area contributed by atoms with Gasteiger partial charge in [0.15, 0.2) is 0 Å². The van der Waals surface area contributed by atoms with Gasteiger partial charge in [-0.3, -0.25) is 0 Å². The van der Waals surface area contributed by atoms with Crippen LogP contribution < -0.4 is 9.80 Å². The first-order valence-electron chi connectivity index (χ1n) is 17.0. The van der Waals surface area contributed by atoms with Gasteiger partial charge in [-0.2, -0.15) is 0 Å². The van der Waals surface area contributed by atoms with Crippen molar-refractivity contribution >= 4 is 55.7 Å². The van der Waals surface area contributed by atoms with Gasteiger partial charge in [0.25, 0.3) is 0 Å². The van der Waals surface area contributed by atoms with Crippen molar-refractivity contribution in [2.45, 2.75) is 19.3 Å². The molecule has 0 amide bonds. The van der Waals surface area contributed by atoms with Gasteiger partial charge < -0.3 is 9.80 Å². The number of nitrogens with zero attached hydrogens (tertiary/aromatic N) is 2. The van der Waals surface area contributed by atoms with E-state index in [1.807, 2.05) is 0 Å². The van der Waals surface area contributed by atoms with Crippen LogP contribution in [0.15, 0.2) is 182 Å². The molecule has 0 radical (unpaired) electrons. The minimum atomic E-state index is -0.236. The standard InChI is InChI=1S/C47H36N2/c1-47(2)42-31-37(48(34-19-6-3-7-20-34)35-21-8-4-9-22-35)29-30-41(42)46-40-27-15-14-26-39(40)45(32-43(46)47)49(36-23-10-5-11-24-36)44-28-16-18-33-17-12-13-25-38(33)44/h3-32H,1-2H3. The Morgan fingerprint density at radius 2 is 0.898 bits per heavy atom. The van der Waals surface area contributed by atoms with Crippen LogP contribution in [-0.2, 0) is 5.41 Å². The third-order valence-corrected chi connectivity index (χ3v) is 10.2. The normalized spacial score (nSPS) is 12.9. The number of fused-ring (bicyclic) bond motifs is 6. The first-order valence-corrected chi connectivity index (χ1v) is 17.0. The summed E-state index contributed by atoms with van der Waals surface area (Å²) in [6.45, 7) is 4.78. The third-order valence-electron chi connectivity index (χ3n) is 10.2. The summed E-state index contributed by atoms with van der Waals surface area (Å²) in [6.07, 6.45) is 0. The second kappa shape index (κ2) is 11.5. The second-order valence-electron chi connectivity index (χ2n) is 13.4. The summed E-state index contributed by atoms with van der Waals surface area (Å²) in [5, 5.41) is 4.97. The maximum absolute atomic E-state index is 2.47. The quantitative estimate of drug-likeness (QED) is 0.181. The lowest BCUT2D eigenvalue weighted by atomic mass is 9.81. The van der Waals surface area contributed by atoms with Crippen molar-refractivity contribution < 1.29 is 0 Å². The van der Waals surface area contributed by atoms with E-state index in [2.05, 4.69) is 206 Å². The third kappa shape index (κ3) is 4.71. The Kier molecular flexibility index (Phi) is 6.84. The largest absolute Gasteiger partial charge is 0.310 e. The van der Waals surface area contributed by atoms with Gasteiger partial charge in [-0.25, -0.2) is 0 Å². The van der Waals surface area contributed by atoms with E-state index in [0.29, 0.717) is 0 Å². The summed E-state index contributed by atoms with van der Waals surface area (Å²) in [5.41, 5.74) is 12.0. The minimum Gasteiger partial charge on any atom is -0.310 e. The van der Waals surface area contributed by atoms with E-state index in [9.17, 15) is 0 Å². The highest BCUT2D eigenvalue weighted by Crippen LogP contribution is 2.56. The predicted molar refractivity (Wildman–Crippen MR) is 208 cm³/mol. The molecule has 0 atom stereocenters. The molecule has 0 N–H and O–H groups in total. The lowest BCUT2D eigenvalue weighted by molar-refractivity contribution is 0.661. The van der Waals surface area contributed by atoms with Crippen LogP contribution in [0.5, 0.6) is 0 Å². The van der Waals surface area contributed by atoms with E-state index in [1.165, 1.54) is 55.2 Å². The Labute approximate surface area is 288 Å². The van der Waals surface area contributed by atoms with Crippen LogP contribution in [-0.4, -0.2) is 0 Å². The molecule has 49 heavy (non-hydrogen) atoms. The zero-order valence-electron chi connectivity index (χ0n) is 27.7. The van der Waals surface area contributed by atoms with Crippen LogP contribution in [0.3, 0.4) is 0 Å². The molecule has 234 valence electrons. The topological polar surface area (TPSA) is 6.48 Å². The monoisotopic (exact) mass is 628 g/mol. The molecule has 1 aliphatic carbocycles. The Bertz CT molecular complexity index is 2420. The van der Waals surface area contributed by atoms with Crippen molar-refractivity contribution in [3.63, 3.8) is 0 Å². The van der Waals surface area contributed by atoms with Crippen LogP contribution in [0.25, 0.3) is 32.7 Å². The molecule has 8 aromatic rings. The van der Waals surface area contributed by atoms with Crippen molar-refractivity contribution in [3.8, 4) is 11.1 Å². The lowest BCUT2D eigenvalue weighted by Crippen LogP contribution is -2.18. The number of rotatable bonds is 6. The zero-order chi connectivity index (χ0) is 33.0. The molecule has 0 unspecified atom stereocenters. The summed E-state index contributed by atoms with van der Waals surface area (Å²) in [4.78, 5) is 4.82. The van der Waals surface area contributed by atoms with Gasteiger partial charge in [0.05, 0.1) is 11.4 Å². The highest BCUT2D eigenvalue weighted by molar-refractivity contribution is 6.11. The molecule has 1 aliphatic rings. The van der Waals surface area contributed by atoms with Gasteiger partial charge in [-0.1, -0.05) is 135 Å². The van der Waals surface area contributed by atoms with E-state index < -0.39 is 0 Å². The minimum absolute atomic E-state index is 0.236. The average molecular weight is 629 g/mol. The molecule has 9 rings (SSSR count). The Morgan fingerprint density at radius 1 is 0.367 bits per heavy atom. The molecule has 0 heterocycles. The fourth-order valence-corrected chi connectivity index (χ4v) is 7.87. The van der Waals surface area contributed by atoms with Crippen molar-refractivity contribution in [1.82, 2.24) is 0 Å². The van der Waals surface area contributed by atoms with Crippen molar-refractivity contribution in [2.24, 2.45) is 0 Å². The smallest absolute Gasteiger partial charge is 0.0543 e. The van der Waals surface area contributed by atoms with E-state index >= 15 is 0 Å². The Morgan fingerprint density at radius 3 is 1.55 bits per heavy atom. The average Bonchev–Trinajstić information content (AvgIpc) is 3.39. The van der Waals surface area contributed by atoms with Crippen molar-refractivity contribution in [3.05, 3.63) is 193 Å². The molecular weight excluding hydrogens is 593 g/mol. The molecule has 8 aromatic carbocycles.